The summed E-state index contributed by atoms with van der Waals surface area (Å²) < 4.78 is 19.1. The van der Waals surface area contributed by atoms with Gasteiger partial charge in [-0.3, -0.25) is 14.4 Å². The molecule has 2 atom stereocenters. The normalized spacial score (nSPS) is 14.5. The van der Waals surface area contributed by atoms with Crippen LogP contribution < -0.4 is 35.6 Å². The minimum Gasteiger partial charge on any atom is -0.493 e. The highest BCUT2D eigenvalue weighted by Crippen LogP contribution is 2.50. The number of hydrogen-bond acceptors (Lipinski definition) is 8. The number of hydrogen-bond donors (Lipinski definition) is 3. The lowest BCUT2D eigenvalue weighted by molar-refractivity contribution is -0.123. The van der Waals surface area contributed by atoms with Crippen LogP contribution in [-0.2, 0) is 29.6 Å². The highest BCUT2D eigenvalue weighted by Gasteiger charge is 2.30. The van der Waals surface area contributed by atoms with Crippen molar-refractivity contribution >= 4 is 28.5 Å². The number of benzene rings is 2. The largest absolute Gasteiger partial charge is 0.493 e. The van der Waals surface area contributed by atoms with Gasteiger partial charge in [0.2, 0.25) is 23.0 Å². The van der Waals surface area contributed by atoms with Crippen molar-refractivity contribution in [2.24, 2.45) is 13.0 Å². The first-order chi connectivity index (χ1) is 22.1. The van der Waals surface area contributed by atoms with Gasteiger partial charge in [0.15, 0.2) is 11.5 Å². The molecule has 1 heterocycles. The monoisotopic (exact) mass is 627 g/mol. The second-order valence-corrected chi connectivity index (χ2v) is 11.8. The van der Waals surface area contributed by atoms with Crippen LogP contribution in [0.4, 0.5) is 5.69 Å². The van der Waals surface area contributed by atoms with E-state index in [2.05, 4.69) is 20.9 Å². The average molecular weight is 628 g/mol. The fourth-order valence-corrected chi connectivity index (χ4v) is 6.16. The average Bonchev–Trinajstić information content (AvgIpc) is 3.17. The predicted molar refractivity (Wildman–Crippen MR) is 177 cm³/mol. The van der Waals surface area contributed by atoms with E-state index in [1.54, 1.807) is 27.4 Å². The zero-order valence-corrected chi connectivity index (χ0v) is 27.3. The molecule has 0 saturated carbocycles. The van der Waals surface area contributed by atoms with Crippen LogP contribution in [0.3, 0.4) is 0 Å². The Morgan fingerprint density at radius 2 is 1.76 bits per heavy atom. The molecule has 46 heavy (non-hydrogen) atoms. The van der Waals surface area contributed by atoms with E-state index < -0.39 is 12.1 Å². The minimum atomic E-state index is -0.707. The molecule has 3 aromatic carbocycles. The molecule has 0 unspecified atom stereocenters. The number of ether oxygens (including phenoxy) is 3. The number of imidazole rings is 1. The molecule has 11 nitrogen and oxygen atoms in total. The molecule has 0 saturated heterocycles. The lowest BCUT2D eigenvalue weighted by atomic mass is 9.95. The van der Waals surface area contributed by atoms with Gasteiger partial charge in [-0.2, -0.15) is 0 Å². The van der Waals surface area contributed by atoms with Crippen molar-refractivity contribution in [1.82, 2.24) is 20.2 Å². The van der Waals surface area contributed by atoms with Crippen molar-refractivity contribution in [1.29, 1.82) is 0 Å². The Morgan fingerprint density at radius 1 is 1.02 bits per heavy atom. The SMILES string of the molecule is COc1cc2c(c(OC)c1OC)-c1ccc(N[C@H](C(=O)NCc3nc4ccccc4n3C)C(C)C)c(=O)cc1[C@H](NC(C)=O)CC2. The maximum atomic E-state index is 13.8. The Morgan fingerprint density at radius 3 is 2.41 bits per heavy atom. The molecule has 0 radical (unpaired) electrons. The van der Waals surface area contributed by atoms with Crippen LogP contribution in [0.5, 0.6) is 17.2 Å². The number of para-hydroxylation sites is 2. The van der Waals surface area contributed by atoms with Gasteiger partial charge in [-0.15, -0.1) is 0 Å². The van der Waals surface area contributed by atoms with Gasteiger partial charge in [0, 0.05) is 19.5 Å². The quantitative estimate of drug-likeness (QED) is 0.234. The van der Waals surface area contributed by atoms with Crippen LogP contribution in [0.2, 0.25) is 0 Å². The summed E-state index contributed by atoms with van der Waals surface area (Å²) in [6, 6.07) is 13.6. The molecule has 3 N–H and O–H groups in total. The number of fused-ring (bicyclic) bond motifs is 4. The number of methoxy groups -OCH3 is 3. The van der Waals surface area contributed by atoms with Gasteiger partial charge in [-0.1, -0.05) is 32.0 Å². The van der Waals surface area contributed by atoms with Crippen molar-refractivity contribution in [2.75, 3.05) is 26.6 Å². The van der Waals surface area contributed by atoms with Gasteiger partial charge in [0.05, 0.1) is 50.6 Å². The maximum Gasteiger partial charge on any atom is 0.243 e. The van der Waals surface area contributed by atoms with Crippen LogP contribution in [-0.4, -0.2) is 48.7 Å². The zero-order chi connectivity index (χ0) is 33.1. The molecule has 4 aromatic rings. The van der Waals surface area contributed by atoms with Crippen LogP contribution in [0.1, 0.15) is 50.2 Å². The van der Waals surface area contributed by atoms with E-state index in [4.69, 9.17) is 14.2 Å². The Hall–Kier alpha value is -5.06. The highest BCUT2D eigenvalue weighted by molar-refractivity contribution is 5.86. The first-order valence-electron chi connectivity index (χ1n) is 15.3. The third-order valence-electron chi connectivity index (χ3n) is 8.48. The van der Waals surface area contributed by atoms with Crippen molar-refractivity contribution in [3.63, 3.8) is 0 Å². The molecule has 0 bridgehead atoms. The Kier molecular flexibility index (Phi) is 9.50. The van der Waals surface area contributed by atoms with E-state index in [0.717, 1.165) is 28.0 Å². The molecular formula is C35H41N5O6. The van der Waals surface area contributed by atoms with E-state index in [9.17, 15) is 14.4 Å². The summed E-state index contributed by atoms with van der Waals surface area (Å²) in [5, 5.41) is 9.23. The molecule has 11 heteroatoms. The predicted octanol–water partition coefficient (Wildman–Crippen LogP) is 4.50. The molecule has 1 aromatic heterocycles. The summed E-state index contributed by atoms with van der Waals surface area (Å²) in [7, 11) is 6.58. The number of aromatic nitrogens is 2. The first-order valence-corrected chi connectivity index (χ1v) is 15.3. The van der Waals surface area contributed by atoms with Crippen molar-refractivity contribution in [3.05, 3.63) is 75.7 Å². The molecule has 2 amide bonds. The topological polar surface area (TPSA) is 133 Å². The second kappa shape index (κ2) is 13.5. The van der Waals surface area contributed by atoms with E-state index in [-0.39, 0.29) is 35.4 Å². The van der Waals surface area contributed by atoms with E-state index in [0.29, 0.717) is 41.2 Å². The van der Waals surface area contributed by atoms with Crippen molar-refractivity contribution < 1.29 is 23.8 Å². The highest BCUT2D eigenvalue weighted by atomic mass is 16.5. The maximum absolute atomic E-state index is 13.8. The number of rotatable bonds is 10. The van der Waals surface area contributed by atoms with Gasteiger partial charge >= 0.3 is 0 Å². The van der Waals surface area contributed by atoms with Crippen molar-refractivity contribution in [2.45, 2.75) is 52.2 Å². The van der Waals surface area contributed by atoms with Crippen molar-refractivity contribution in [3.8, 4) is 28.4 Å². The van der Waals surface area contributed by atoms with Crippen LogP contribution in [0.25, 0.3) is 22.2 Å². The molecule has 5 rings (SSSR count). The molecule has 0 fully saturated rings. The molecule has 0 aliphatic heterocycles. The number of nitrogens with zero attached hydrogens (tertiary/aromatic N) is 2. The molecule has 1 aliphatic carbocycles. The fourth-order valence-electron chi connectivity index (χ4n) is 6.16. The minimum absolute atomic E-state index is 0.146. The molecular weight excluding hydrogens is 586 g/mol. The zero-order valence-electron chi connectivity index (χ0n) is 27.3. The standard InChI is InChI=1S/C35H41N5O6/c1-19(2)32(35(43)36-18-30-38-25-10-8-9-11-27(25)40(30)4)39-26-15-13-22-23(17-28(26)42)24(37-20(3)41)14-12-21-16-29(44-5)33(45-6)34(46-7)31(21)22/h8-11,13,15-17,19,24,32H,12,14,18H2,1-7H3,(H,36,43)(H,37,41)(H,39,42)/t24-,32+/m1/s1. The first kappa shape index (κ1) is 32.3. The van der Waals surface area contributed by atoms with Gasteiger partial charge in [0.25, 0.3) is 0 Å². The van der Waals surface area contributed by atoms with E-state index in [1.165, 1.54) is 13.0 Å². The number of anilines is 1. The van der Waals surface area contributed by atoms with Gasteiger partial charge < -0.3 is 34.7 Å². The van der Waals surface area contributed by atoms with Gasteiger partial charge in [-0.25, -0.2) is 4.98 Å². The smallest absolute Gasteiger partial charge is 0.243 e. The summed E-state index contributed by atoms with van der Waals surface area (Å²) in [5.74, 6) is 1.53. The molecule has 0 spiro atoms. The number of carbonyl (C=O) groups is 2. The summed E-state index contributed by atoms with van der Waals surface area (Å²) in [6.07, 6.45) is 1.14. The number of nitrogens with one attached hydrogen (secondary N) is 3. The lowest BCUT2D eigenvalue weighted by Gasteiger charge is -2.22. The summed E-state index contributed by atoms with van der Waals surface area (Å²) >= 11 is 0. The summed E-state index contributed by atoms with van der Waals surface area (Å²) in [6.45, 7) is 5.53. The van der Waals surface area contributed by atoms with E-state index in [1.807, 2.05) is 61.9 Å². The molecule has 1 aliphatic rings. The van der Waals surface area contributed by atoms with Crippen LogP contribution in [0, 0.1) is 5.92 Å². The summed E-state index contributed by atoms with van der Waals surface area (Å²) in [5.41, 5.74) is 4.81. The van der Waals surface area contributed by atoms with Gasteiger partial charge in [0.1, 0.15) is 11.9 Å². The number of carbonyl (C=O) groups excluding carboxylic acids is 2. The Balaban J connectivity index is 1.53. The van der Waals surface area contributed by atoms with E-state index >= 15 is 0 Å². The van der Waals surface area contributed by atoms with Crippen LogP contribution >= 0.6 is 0 Å². The third-order valence-corrected chi connectivity index (χ3v) is 8.48. The lowest BCUT2D eigenvalue weighted by Crippen LogP contribution is -2.43. The molecule has 242 valence electrons. The Bertz CT molecular complexity index is 1850. The number of amides is 2. The third kappa shape index (κ3) is 6.22. The second-order valence-electron chi connectivity index (χ2n) is 11.8. The Labute approximate surface area is 268 Å². The van der Waals surface area contributed by atoms with Crippen LogP contribution in [0.15, 0.2) is 53.3 Å². The summed E-state index contributed by atoms with van der Waals surface area (Å²) in [4.78, 5) is 44.3. The number of aryl methyl sites for hydroxylation is 2. The fraction of sp³-hybridized carbons (Fsp3) is 0.371. The van der Waals surface area contributed by atoms with Gasteiger partial charge in [-0.05, 0) is 65.8 Å².